The monoisotopic (exact) mass is 470 g/mol. The molecule has 0 fully saturated rings. The van der Waals surface area contributed by atoms with Crippen LogP contribution in [-0.4, -0.2) is 18.0 Å². The zero-order chi connectivity index (χ0) is 16.9. The molecule has 4 nitrogen and oxygen atoms in total. The van der Waals surface area contributed by atoms with Crippen LogP contribution in [0.5, 0.6) is 0 Å². The van der Waals surface area contributed by atoms with Crippen molar-refractivity contribution < 1.29 is 13.2 Å². The topological polar surface area (TPSA) is 49.3 Å². The number of halogens is 4. The third kappa shape index (κ3) is 5.93. The summed E-state index contributed by atoms with van der Waals surface area (Å²) >= 11 is 1.54. The number of benzene rings is 1. The highest BCUT2D eigenvalue weighted by Gasteiger charge is 2.30. The molecule has 0 bridgehead atoms. The molecule has 0 amide bonds. The van der Waals surface area contributed by atoms with Crippen LogP contribution in [-0.2, 0) is 19.3 Å². The molecule has 24 heavy (non-hydrogen) atoms. The Kier molecular flexibility index (Phi) is 7.94. The van der Waals surface area contributed by atoms with Gasteiger partial charge in [0.15, 0.2) is 5.96 Å². The van der Waals surface area contributed by atoms with Crippen LogP contribution in [0.1, 0.15) is 21.7 Å². The van der Waals surface area contributed by atoms with Crippen LogP contribution in [0.25, 0.3) is 0 Å². The smallest absolute Gasteiger partial charge is 0.352 e. The van der Waals surface area contributed by atoms with Gasteiger partial charge in [-0.2, -0.15) is 13.2 Å². The van der Waals surface area contributed by atoms with E-state index in [1.807, 2.05) is 6.92 Å². The highest BCUT2D eigenvalue weighted by atomic mass is 127. The highest BCUT2D eigenvalue weighted by molar-refractivity contribution is 14.0. The molecule has 9 heteroatoms. The minimum absolute atomic E-state index is 0. The molecule has 1 aromatic heterocycles. The second kappa shape index (κ2) is 9.21. The minimum atomic E-state index is -4.33. The van der Waals surface area contributed by atoms with Gasteiger partial charge >= 0.3 is 6.18 Å². The summed E-state index contributed by atoms with van der Waals surface area (Å²) in [6, 6.07) is 5.23. The molecule has 132 valence electrons. The van der Waals surface area contributed by atoms with E-state index in [-0.39, 0.29) is 30.5 Å². The molecule has 0 unspecified atom stereocenters. The van der Waals surface area contributed by atoms with Gasteiger partial charge < -0.3 is 10.6 Å². The van der Waals surface area contributed by atoms with Crippen LogP contribution >= 0.6 is 35.3 Å². The number of aliphatic imine (C=N–C) groups is 1. The Hall–Kier alpha value is -1.36. The maximum atomic E-state index is 12.7. The van der Waals surface area contributed by atoms with Gasteiger partial charge in [-0.25, -0.2) is 4.98 Å². The van der Waals surface area contributed by atoms with E-state index in [0.29, 0.717) is 18.1 Å². The third-order valence-corrected chi connectivity index (χ3v) is 4.13. The van der Waals surface area contributed by atoms with E-state index in [1.54, 1.807) is 18.6 Å². The van der Waals surface area contributed by atoms with Gasteiger partial charge in [0.1, 0.15) is 0 Å². The van der Waals surface area contributed by atoms with E-state index < -0.39 is 11.7 Å². The predicted molar refractivity (Wildman–Crippen MR) is 101 cm³/mol. The molecule has 0 aliphatic heterocycles. The third-order valence-electron chi connectivity index (χ3n) is 3.20. The summed E-state index contributed by atoms with van der Waals surface area (Å²) in [6.45, 7) is 2.75. The van der Waals surface area contributed by atoms with E-state index in [1.165, 1.54) is 17.4 Å². The van der Waals surface area contributed by atoms with Gasteiger partial charge in [-0.05, 0) is 24.6 Å². The van der Waals surface area contributed by atoms with Crippen molar-refractivity contribution in [1.82, 2.24) is 15.6 Å². The largest absolute Gasteiger partial charge is 0.416 e. The normalized spacial score (nSPS) is 11.8. The summed E-state index contributed by atoms with van der Waals surface area (Å²) in [7, 11) is 1.61. The Morgan fingerprint density at radius 1 is 1.25 bits per heavy atom. The summed E-state index contributed by atoms with van der Waals surface area (Å²) in [6.07, 6.45) is -4.33. The number of thiazole rings is 1. The van der Waals surface area contributed by atoms with Crippen LogP contribution in [0.3, 0.4) is 0 Å². The maximum Gasteiger partial charge on any atom is 0.416 e. The number of rotatable bonds is 4. The standard InChI is InChI=1S/C15H17F3N4S.HI/c1-10-13(23-9-22-10)8-21-14(19-2)20-7-11-4-3-5-12(6-11)15(16,17)18;/h3-6,9H,7-8H2,1-2H3,(H2,19,20,21);1H. The number of guanidine groups is 1. The van der Waals surface area contributed by atoms with Gasteiger partial charge in [0.2, 0.25) is 0 Å². The van der Waals surface area contributed by atoms with Crippen molar-refractivity contribution in [1.29, 1.82) is 0 Å². The average Bonchev–Trinajstić information content (AvgIpc) is 2.92. The zero-order valence-electron chi connectivity index (χ0n) is 13.1. The predicted octanol–water partition coefficient (Wildman–Crippen LogP) is 3.95. The fourth-order valence-corrected chi connectivity index (χ4v) is 2.64. The molecule has 0 spiro atoms. The van der Waals surface area contributed by atoms with Crippen LogP contribution < -0.4 is 10.6 Å². The molecule has 0 saturated heterocycles. The van der Waals surface area contributed by atoms with Gasteiger partial charge in [-0.15, -0.1) is 35.3 Å². The summed E-state index contributed by atoms with van der Waals surface area (Å²) in [5.74, 6) is 0.523. The molecular weight excluding hydrogens is 452 g/mol. The Morgan fingerprint density at radius 2 is 1.96 bits per heavy atom. The Morgan fingerprint density at radius 3 is 2.54 bits per heavy atom. The number of aryl methyl sites for hydroxylation is 1. The van der Waals surface area contributed by atoms with Gasteiger partial charge in [0.05, 0.1) is 23.3 Å². The van der Waals surface area contributed by atoms with Crippen molar-refractivity contribution in [3.05, 3.63) is 51.5 Å². The van der Waals surface area contributed by atoms with Gasteiger partial charge in [-0.1, -0.05) is 12.1 Å². The van der Waals surface area contributed by atoms with Gasteiger partial charge in [0.25, 0.3) is 0 Å². The molecule has 1 heterocycles. The average molecular weight is 470 g/mol. The quantitative estimate of drug-likeness (QED) is 0.404. The van der Waals surface area contributed by atoms with Crippen molar-refractivity contribution >= 4 is 41.3 Å². The first-order valence-electron chi connectivity index (χ1n) is 6.89. The first-order valence-corrected chi connectivity index (χ1v) is 7.77. The molecule has 0 aliphatic rings. The number of alkyl halides is 3. The second-order valence-electron chi connectivity index (χ2n) is 4.84. The van der Waals surface area contributed by atoms with Crippen LogP contribution in [0, 0.1) is 6.92 Å². The van der Waals surface area contributed by atoms with E-state index >= 15 is 0 Å². The van der Waals surface area contributed by atoms with Crippen molar-refractivity contribution in [3.63, 3.8) is 0 Å². The van der Waals surface area contributed by atoms with E-state index in [4.69, 9.17) is 0 Å². The Bertz CT molecular complexity index is 685. The first-order chi connectivity index (χ1) is 10.9. The lowest BCUT2D eigenvalue weighted by Gasteiger charge is -2.13. The number of nitrogens with zero attached hydrogens (tertiary/aromatic N) is 2. The lowest BCUT2D eigenvalue weighted by molar-refractivity contribution is -0.137. The summed E-state index contributed by atoms with van der Waals surface area (Å²) in [4.78, 5) is 9.31. The van der Waals surface area contributed by atoms with Crippen molar-refractivity contribution in [2.24, 2.45) is 4.99 Å². The first kappa shape index (κ1) is 20.7. The minimum Gasteiger partial charge on any atom is -0.352 e. The molecular formula is C15H18F3IN4S. The number of hydrogen-bond acceptors (Lipinski definition) is 3. The highest BCUT2D eigenvalue weighted by Crippen LogP contribution is 2.29. The summed E-state index contributed by atoms with van der Waals surface area (Å²) < 4.78 is 38.1. The molecule has 0 aliphatic carbocycles. The number of nitrogens with one attached hydrogen (secondary N) is 2. The van der Waals surface area contributed by atoms with Crippen molar-refractivity contribution in [2.45, 2.75) is 26.2 Å². The van der Waals surface area contributed by atoms with Crippen molar-refractivity contribution in [3.8, 4) is 0 Å². The van der Waals surface area contributed by atoms with E-state index in [0.717, 1.165) is 22.7 Å². The number of hydrogen-bond donors (Lipinski definition) is 2. The summed E-state index contributed by atoms with van der Waals surface area (Å²) in [5, 5.41) is 6.12. The van der Waals surface area contributed by atoms with Crippen LogP contribution in [0.2, 0.25) is 0 Å². The molecule has 2 aromatic rings. The Labute approximate surface area is 159 Å². The van der Waals surface area contributed by atoms with E-state index in [2.05, 4.69) is 20.6 Å². The number of aromatic nitrogens is 1. The Balaban J connectivity index is 0.00000288. The molecule has 2 rings (SSSR count). The molecule has 0 saturated carbocycles. The van der Waals surface area contributed by atoms with Crippen molar-refractivity contribution in [2.75, 3.05) is 7.05 Å². The molecule has 2 N–H and O–H groups in total. The van der Waals surface area contributed by atoms with Gasteiger partial charge in [-0.3, -0.25) is 4.99 Å². The zero-order valence-corrected chi connectivity index (χ0v) is 16.3. The molecule has 1 aromatic carbocycles. The fourth-order valence-electron chi connectivity index (χ4n) is 1.92. The molecule has 0 atom stereocenters. The SMILES string of the molecule is CN=C(NCc1cccc(C(F)(F)F)c1)NCc1scnc1C.I. The van der Waals surface area contributed by atoms with E-state index in [9.17, 15) is 13.2 Å². The summed E-state index contributed by atoms with van der Waals surface area (Å²) in [5.41, 5.74) is 2.61. The van der Waals surface area contributed by atoms with Crippen LogP contribution in [0.4, 0.5) is 13.2 Å². The fraction of sp³-hybridized carbons (Fsp3) is 0.333. The van der Waals surface area contributed by atoms with Gasteiger partial charge in [0, 0.05) is 18.5 Å². The van der Waals surface area contributed by atoms with Crippen LogP contribution in [0.15, 0.2) is 34.8 Å². The maximum absolute atomic E-state index is 12.7. The lowest BCUT2D eigenvalue weighted by Crippen LogP contribution is -2.36. The molecule has 0 radical (unpaired) electrons. The lowest BCUT2D eigenvalue weighted by atomic mass is 10.1. The second-order valence-corrected chi connectivity index (χ2v) is 5.78.